The van der Waals surface area contributed by atoms with Gasteiger partial charge in [-0.15, -0.1) is 0 Å². The van der Waals surface area contributed by atoms with Crippen LogP contribution in [-0.4, -0.2) is 27.5 Å². The summed E-state index contributed by atoms with van der Waals surface area (Å²) in [6.07, 6.45) is 0. The van der Waals surface area contributed by atoms with Crippen LogP contribution in [0.15, 0.2) is 17.0 Å². The number of nitrogen functional groups attached to an aromatic ring is 1. The standard InChI is InChI=1S/C10H15ClN4O3S/c1-6-8(12)4-7(11)5-9(6)19(17,18)15-3-2-14-10(13)16/h4-5,15H,2-3,12H2,1H3,(H3,13,14,16). The maximum atomic E-state index is 12.0. The van der Waals surface area contributed by atoms with Crippen LogP contribution in [0.5, 0.6) is 0 Å². The number of hydrogen-bond donors (Lipinski definition) is 4. The van der Waals surface area contributed by atoms with Gasteiger partial charge < -0.3 is 16.8 Å². The Labute approximate surface area is 116 Å². The topological polar surface area (TPSA) is 127 Å². The molecule has 0 heterocycles. The van der Waals surface area contributed by atoms with E-state index in [1.165, 1.54) is 12.1 Å². The third-order valence-corrected chi connectivity index (χ3v) is 4.18. The highest BCUT2D eigenvalue weighted by Crippen LogP contribution is 2.25. The number of carbonyl (C=O) groups is 1. The molecule has 9 heteroatoms. The normalized spacial score (nSPS) is 11.3. The molecule has 0 radical (unpaired) electrons. The molecule has 1 aromatic rings. The lowest BCUT2D eigenvalue weighted by Gasteiger charge is -2.11. The third-order valence-electron chi connectivity index (χ3n) is 2.37. The average molecular weight is 307 g/mol. The van der Waals surface area contributed by atoms with E-state index in [-0.39, 0.29) is 23.0 Å². The van der Waals surface area contributed by atoms with Gasteiger partial charge in [0.2, 0.25) is 10.0 Å². The summed E-state index contributed by atoms with van der Waals surface area (Å²) in [5, 5.41) is 2.50. The number of carbonyl (C=O) groups excluding carboxylic acids is 1. The van der Waals surface area contributed by atoms with Crippen LogP contribution < -0.4 is 21.5 Å². The van der Waals surface area contributed by atoms with Crippen LogP contribution in [0, 0.1) is 6.92 Å². The van der Waals surface area contributed by atoms with Gasteiger partial charge in [-0.05, 0) is 24.6 Å². The highest BCUT2D eigenvalue weighted by Gasteiger charge is 2.18. The van der Waals surface area contributed by atoms with Gasteiger partial charge in [-0.3, -0.25) is 0 Å². The predicted octanol–water partition coefficient (Wildman–Crippen LogP) is 0.177. The Hall–Kier alpha value is -1.51. The Morgan fingerprint density at radius 3 is 2.58 bits per heavy atom. The number of sulfonamides is 1. The molecule has 2 amide bonds. The van der Waals surface area contributed by atoms with Gasteiger partial charge in [0.15, 0.2) is 0 Å². The van der Waals surface area contributed by atoms with Gasteiger partial charge >= 0.3 is 6.03 Å². The van der Waals surface area contributed by atoms with E-state index in [9.17, 15) is 13.2 Å². The molecule has 1 aromatic carbocycles. The van der Waals surface area contributed by atoms with Crippen LogP contribution in [-0.2, 0) is 10.0 Å². The van der Waals surface area contributed by atoms with E-state index in [2.05, 4.69) is 10.0 Å². The van der Waals surface area contributed by atoms with Gasteiger partial charge in [0.1, 0.15) is 0 Å². The summed E-state index contributed by atoms with van der Waals surface area (Å²) in [6.45, 7) is 1.68. The molecule has 0 bridgehead atoms. The van der Waals surface area contributed by atoms with E-state index < -0.39 is 16.1 Å². The number of nitrogens with one attached hydrogen (secondary N) is 2. The summed E-state index contributed by atoms with van der Waals surface area (Å²) < 4.78 is 26.4. The van der Waals surface area contributed by atoms with Crippen molar-refractivity contribution in [3.63, 3.8) is 0 Å². The molecule has 0 aliphatic carbocycles. The first kappa shape index (κ1) is 15.5. The molecule has 0 fully saturated rings. The number of nitrogens with two attached hydrogens (primary N) is 2. The smallest absolute Gasteiger partial charge is 0.312 e. The van der Waals surface area contributed by atoms with Gasteiger partial charge in [-0.2, -0.15) is 0 Å². The summed E-state index contributed by atoms with van der Waals surface area (Å²) in [5.74, 6) is 0. The number of urea groups is 1. The summed E-state index contributed by atoms with van der Waals surface area (Å²) in [7, 11) is -3.74. The highest BCUT2D eigenvalue weighted by atomic mass is 35.5. The number of benzene rings is 1. The summed E-state index contributed by atoms with van der Waals surface area (Å²) in [6, 6.07) is 2.07. The molecule has 0 aromatic heterocycles. The molecule has 0 atom stereocenters. The van der Waals surface area contributed by atoms with Gasteiger partial charge in [-0.25, -0.2) is 17.9 Å². The number of amides is 2. The van der Waals surface area contributed by atoms with Gasteiger partial charge in [0.25, 0.3) is 0 Å². The third kappa shape index (κ3) is 4.27. The van der Waals surface area contributed by atoms with E-state index in [0.717, 1.165) is 0 Å². The Bertz CT molecular complexity index is 589. The highest BCUT2D eigenvalue weighted by molar-refractivity contribution is 7.89. The number of hydrogen-bond acceptors (Lipinski definition) is 4. The van der Waals surface area contributed by atoms with Crippen LogP contribution in [0.25, 0.3) is 0 Å². The van der Waals surface area contributed by atoms with E-state index in [1.54, 1.807) is 6.92 Å². The molecular weight excluding hydrogens is 292 g/mol. The lowest BCUT2D eigenvalue weighted by atomic mass is 10.2. The minimum atomic E-state index is -3.74. The zero-order valence-electron chi connectivity index (χ0n) is 10.2. The van der Waals surface area contributed by atoms with E-state index in [0.29, 0.717) is 11.3 Å². The summed E-state index contributed by atoms with van der Waals surface area (Å²) in [5.41, 5.74) is 11.2. The maximum absolute atomic E-state index is 12.0. The molecule has 1 rings (SSSR count). The zero-order chi connectivity index (χ0) is 14.6. The van der Waals surface area contributed by atoms with Crippen molar-refractivity contribution in [1.82, 2.24) is 10.0 Å². The monoisotopic (exact) mass is 306 g/mol. The van der Waals surface area contributed by atoms with E-state index in [4.69, 9.17) is 23.1 Å². The van der Waals surface area contributed by atoms with Crippen molar-refractivity contribution >= 4 is 33.3 Å². The largest absolute Gasteiger partial charge is 0.398 e. The van der Waals surface area contributed by atoms with Crippen molar-refractivity contribution in [2.24, 2.45) is 5.73 Å². The fraction of sp³-hybridized carbons (Fsp3) is 0.300. The number of halogens is 1. The zero-order valence-corrected chi connectivity index (χ0v) is 11.8. The van der Waals surface area contributed by atoms with Crippen molar-refractivity contribution in [3.05, 3.63) is 22.7 Å². The van der Waals surface area contributed by atoms with Crippen LogP contribution in [0.4, 0.5) is 10.5 Å². The summed E-state index contributed by atoms with van der Waals surface area (Å²) >= 11 is 5.79. The van der Waals surface area contributed by atoms with Gasteiger partial charge in [0.05, 0.1) is 4.90 Å². The Morgan fingerprint density at radius 2 is 2.00 bits per heavy atom. The molecule has 0 saturated heterocycles. The minimum Gasteiger partial charge on any atom is -0.398 e. The minimum absolute atomic E-state index is 0.0107. The number of anilines is 1. The van der Waals surface area contributed by atoms with Crippen LogP contribution >= 0.6 is 11.6 Å². The van der Waals surface area contributed by atoms with E-state index >= 15 is 0 Å². The van der Waals surface area contributed by atoms with Crippen LogP contribution in [0.1, 0.15) is 5.56 Å². The molecule has 0 unspecified atom stereocenters. The molecule has 0 spiro atoms. The molecule has 0 aliphatic heterocycles. The first-order valence-corrected chi connectivity index (χ1v) is 7.18. The fourth-order valence-electron chi connectivity index (χ4n) is 1.40. The molecular formula is C10H15ClN4O3S. The van der Waals surface area contributed by atoms with Crippen molar-refractivity contribution in [3.8, 4) is 0 Å². The quantitative estimate of drug-likeness (QED) is 0.457. The first-order valence-electron chi connectivity index (χ1n) is 5.32. The Morgan fingerprint density at radius 1 is 1.37 bits per heavy atom. The van der Waals surface area contributed by atoms with Gasteiger partial charge in [0, 0.05) is 23.8 Å². The predicted molar refractivity (Wildman–Crippen MR) is 73.4 cm³/mol. The number of primary amides is 1. The number of rotatable bonds is 5. The fourth-order valence-corrected chi connectivity index (χ4v) is 3.02. The Kier molecular flexibility index (Phi) is 4.98. The van der Waals surface area contributed by atoms with Crippen molar-refractivity contribution in [2.75, 3.05) is 18.8 Å². The molecule has 0 aliphatic rings. The van der Waals surface area contributed by atoms with Crippen LogP contribution in [0.3, 0.4) is 0 Å². The molecule has 0 saturated carbocycles. The van der Waals surface area contributed by atoms with Crippen molar-refractivity contribution in [2.45, 2.75) is 11.8 Å². The van der Waals surface area contributed by atoms with Crippen molar-refractivity contribution < 1.29 is 13.2 Å². The second-order valence-electron chi connectivity index (χ2n) is 3.81. The first-order chi connectivity index (χ1) is 8.74. The molecule has 7 nitrogen and oxygen atoms in total. The van der Waals surface area contributed by atoms with Crippen molar-refractivity contribution in [1.29, 1.82) is 0 Å². The van der Waals surface area contributed by atoms with Crippen LogP contribution in [0.2, 0.25) is 5.02 Å². The van der Waals surface area contributed by atoms with Gasteiger partial charge in [-0.1, -0.05) is 11.6 Å². The molecule has 19 heavy (non-hydrogen) atoms. The Balaban J connectivity index is 2.86. The second kappa shape index (κ2) is 6.09. The molecule has 106 valence electrons. The second-order valence-corrected chi connectivity index (χ2v) is 5.98. The molecule has 6 N–H and O–H groups in total. The average Bonchev–Trinajstić information content (AvgIpc) is 2.29. The SMILES string of the molecule is Cc1c(N)cc(Cl)cc1S(=O)(=O)NCCNC(N)=O. The summed E-state index contributed by atoms with van der Waals surface area (Å²) in [4.78, 5) is 10.4. The maximum Gasteiger partial charge on any atom is 0.312 e. The lowest BCUT2D eigenvalue weighted by molar-refractivity contribution is 0.249. The lowest BCUT2D eigenvalue weighted by Crippen LogP contribution is -2.37. The van der Waals surface area contributed by atoms with E-state index in [1.807, 2.05) is 0 Å².